The third-order valence-corrected chi connectivity index (χ3v) is 4.90. The summed E-state index contributed by atoms with van der Waals surface area (Å²) in [6, 6.07) is 8.29. The number of aryl methyl sites for hydroxylation is 1. The highest BCUT2D eigenvalue weighted by atomic mass is 16.5. The fourth-order valence-electron chi connectivity index (χ4n) is 3.28. The Morgan fingerprint density at radius 2 is 2.17 bits per heavy atom. The first-order valence-electron chi connectivity index (χ1n) is 9.28. The number of hydrogen-bond acceptors (Lipinski definition) is 3. The van der Waals surface area contributed by atoms with Gasteiger partial charge < -0.3 is 9.64 Å². The monoisotopic (exact) mass is 332 g/mol. The first kappa shape index (κ1) is 18.8. The Morgan fingerprint density at radius 1 is 1.33 bits per heavy atom. The van der Waals surface area contributed by atoms with Crippen molar-refractivity contribution in [1.29, 1.82) is 0 Å². The summed E-state index contributed by atoms with van der Waals surface area (Å²) in [5, 5.41) is 0. The molecule has 0 aromatic heterocycles. The van der Waals surface area contributed by atoms with Gasteiger partial charge in [0.05, 0.1) is 12.6 Å². The average Bonchev–Trinajstić information content (AvgIpc) is 2.82. The fourth-order valence-corrected chi connectivity index (χ4v) is 3.28. The summed E-state index contributed by atoms with van der Waals surface area (Å²) < 4.78 is 5.82. The van der Waals surface area contributed by atoms with Gasteiger partial charge in [0.25, 0.3) is 0 Å². The van der Waals surface area contributed by atoms with Crippen LogP contribution in [-0.2, 0) is 11.2 Å². The van der Waals surface area contributed by atoms with Crippen LogP contribution in [0, 0.1) is 0 Å². The largest absolute Gasteiger partial charge is 0.494 e. The summed E-state index contributed by atoms with van der Waals surface area (Å²) in [7, 11) is 3.99. The van der Waals surface area contributed by atoms with Crippen LogP contribution in [-0.4, -0.2) is 55.5 Å². The number of ether oxygens (including phenoxy) is 1. The van der Waals surface area contributed by atoms with Gasteiger partial charge in [0.15, 0.2) is 0 Å². The van der Waals surface area contributed by atoms with Gasteiger partial charge in [-0.1, -0.05) is 31.9 Å². The van der Waals surface area contributed by atoms with E-state index in [1.54, 1.807) is 0 Å². The topological polar surface area (TPSA) is 32.8 Å². The van der Waals surface area contributed by atoms with E-state index < -0.39 is 0 Å². The van der Waals surface area contributed by atoms with Crippen LogP contribution in [0.4, 0.5) is 0 Å². The number of nitrogens with zero attached hydrogens (tertiary/aromatic N) is 2. The molecule has 24 heavy (non-hydrogen) atoms. The van der Waals surface area contributed by atoms with Gasteiger partial charge in [0, 0.05) is 13.6 Å². The van der Waals surface area contributed by atoms with Gasteiger partial charge in [0.2, 0.25) is 5.91 Å². The van der Waals surface area contributed by atoms with Crippen molar-refractivity contribution in [3.8, 4) is 5.75 Å². The van der Waals surface area contributed by atoms with Gasteiger partial charge in [-0.05, 0) is 57.0 Å². The number of hydrogen-bond donors (Lipinski definition) is 0. The maximum absolute atomic E-state index is 12.7. The summed E-state index contributed by atoms with van der Waals surface area (Å²) in [6.07, 6.45) is 6.46. The van der Waals surface area contributed by atoms with E-state index in [0.29, 0.717) is 6.61 Å². The quantitative estimate of drug-likeness (QED) is 0.718. The zero-order valence-corrected chi connectivity index (χ0v) is 15.5. The smallest absolute Gasteiger partial charge is 0.239 e. The van der Waals surface area contributed by atoms with Crippen LogP contribution in [0.15, 0.2) is 24.3 Å². The number of benzene rings is 1. The van der Waals surface area contributed by atoms with Crippen molar-refractivity contribution < 1.29 is 9.53 Å². The maximum Gasteiger partial charge on any atom is 0.239 e. The van der Waals surface area contributed by atoms with Crippen molar-refractivity contribution in [1.82, 2.24) is 9.80 Å². The predicted octanol–water partition coefficient (Wildman–Crippen LogP) is 3.35. The molecular weight excluding hydrogens is 300 g/mol. The van der Waals surface area contributed by atoms with Gasteiger partial charge in [-0.25, -0.2) is 0 Å². The van der Waals surface area contributed by atoms with Gasteiger partial charge in [-0.2, -0.15) is 0 Å². The number of carbonyl (C=O) groups excluding carboxylic acids is 1. The molecule has 0 spiro atoms. The minimum absolute atomic E-state index is 0.0552. The lowest BCUT2D eigenvalue weighted by molar-refractivity contribution is -0.135. The van der Waals surface area contributed by atoms with E-state index in [0.717, 1.165) is 44.5 Å². The molecule has 1 aromatic carbocycles. The second-order valence-corrected chi connectivity index (χ2v) is 6.81. The van der Waals surface area contributed by atoms with E-state index in [2.05, 4.69) is 31.0 Å². The normalized spacial score (nSPS) is 18.9. The van der Waals surface area contributed by atoms with Crippen LogP contribution in [0.5, 0.6) is 5.75 Å². The van der Waals surface area contributed by atoms with E-state index in [-0.39, 0.29) is 11.9 Å². The second-order valence-electron chi connectivity index (χ2n) is 6.81. The van der Waals surface area contributed by atoms with Crippen molar-refractivity contribution in [2.75, 3.05) is 33.8 Å². The lowest BCUT2D eigenvalue weighted by Crippen LogP contribution is -2.45. The summed E-state index contributed by atoms with van der Waals surface area (Å²) in [6.45, 7) is 4.56. The molecule has 0 unspecified atom stereocenters. The van der Waals surface area contributed by atoms with Gasteiger partial charge in [-0.3, -0.25) is 9.69 Å². The Morgan fingerprint density at radius 3 is 2.96 bits per heavy atom. The number of likely N-dealkylation sites (N-methyl/N-ethyl adjacent to an activating group) is 2. The van der Waals surface area contributed by atoms with E-state index >= 15 is 0 Å². The van der Waals surface area contributed by atoms with Gasteiger partial charge in [-0.15, -0.1) is 0 Å². The second kappa shape index (κ2) is 9.67. The van der Waals surface area contributed by atoms with E-state index in [9.17, 15) is 4.79 Å². The molecule has 0 radical (unpaired) electrons. The van der Waals surface area contributed by atoms with Gasteiger partial charge in [0.1, 0.15) is 5.75 Å². The molecule has 0 bridgehead atoms. The molecule has 0 saturated carbocycles. The summed E-state index contributed by atoms with van der Waals surface area (Å²) in [4.78, 5) is 16.7. The zero-order chi connectivity index (χ0) is 17.4. The summed E-state index contributed by atoms with van der Waals surface area (Å²) >= 11 is 0. The Kier molecular flexibility index (Phi) is 7.57. The third-order valence-electron chi connectivity index (χ3n) is 4.90. The van der Waals surface area contributed by atoms with Crippen LogP contribution in [0.2, 0.25) is 0 Å². The Hall–Kier alpha value is -1.55. The van der Waals surface area contributed by atoms with Crippen molar-refractivity contribution in [2.45, 2.75) is 51.5 Å². The molecule has 134 valence electrons. The summed E-state index contributed by atoms with van der Waals surface area (Å²) in [5.41, 5.74) is 1.29. The van der Waals surface area contributed by atoms with Crippen molar-refractivity contribution >= 4 is 5.91 Å². The van der Waals surface area contributed by atoms with Crippen LogP contribution < -0.4 is 4.74 Å². The highest BCUT2D eigenvalue weighted by Gasteiger charge is 2.26. The molecule has 0 aliphatic carbocycles. The number of rotatable bonds is 7. The van der Waals surface area contributed by atoms with Crippen LogP contribution in [0.25, 0.3) is 0 Å². The van der Waals surface area contributed by atoms with Gasteiger partial charge >= 0.3 is 0 Å². The molecule has 4 nitrogen and oxygen atoms in total. The Balaban J connectivity index is 1.73. The Labute approximate surface area is 146 Å². The molecule has 1 aliphatic rings. The number of likely N-dealkylation sites (tertiary alicyclic amines) is 1. The predicted molar refractivity (Wildman–Crippen MR) is 98.5 cm³/mol. The summed E-state index contributed by atoms with van der Waals surface area (Å²) in [5.74, 6) is 1.18. The SMILES string of the molecule is CCc1cccc(OCCCN(C)C(=O)[C@H]2CCCCCN2C)c1. The standard InChI is InChI=1S/C20H32N2O2/c1-4-17-10-8-11-18(16-17)24-15-9-14-22(3)20(23)19-12-6-5-7-13-21(19)2/h8,10-11,16,19H,4-7,9,12-15H2,1-3H3/t19-/m1/s1. The lowest BCUT2D eigenvalue weighted by atomic mass is 10.1. The number of amides is 1. The first-order chi connectivity index (χ1) is 11.6. The molecule has 4 heteroatoms. The molecule has 1 amide bonds. The van der Waals surface area contributed by atoms with Crippen LogP contribution >= 0.6 is 0 Å². The highest BCUT2D eigenvalue weighted by molar-refractivity contribution is 5.81. The minimum Gasteiger partial charge on any atom is -0.494 e. The molecule has 1 atom stereocenters. The average molecular weight is 332 g/mol. The highest BCUT2D eigenvalue weighted by Crippen LogP contribution is 2.17. The fraction of sp³-hybridized carbons (Fsp3) is 0.650. The Bertz CT molecular complexity index is 518. The molecule has 0 N–H and O–H groups in total. The van der Waals surface area contributed by atoms with Crippen LogP contribution in [0.1, 0.15) is 44.6 Å². The molecule has 1 fully saturated rings. The molecule has 2 rings (SSSR count). The van der Waals surface area contributed by atoms with Crippen molar-refractivity contribution in [3.63, 3.8) is 0 Å². The van der Waals surface area contributed by atoms with E-state index in [1.807, 2.05) is 24.1 Å². The molecular formula is C20H32N2O2. The van der Waals surface area contributed by atoms with Crippen molar-refractivity contribution in [2.24, 2.45) is 0 Å². The lowest BCUT2D eigenvalue weighted by Gasteiger charge is -2.29. The number of carbonyl (C=O) groups is 1. The zero-order valence-electron chi connectivity index (χ0n) is 15.5. The van der Waals surface area contributed by atoms with Crippen LogP contribution in [0.3, 0.4) is 0 Å². The molecule has 1 aliphatic heterocycles. The molecule has 1 heterocycles. The minimum atomic E-state index is 0.0552. The van der Waals surface area contributed by atoms with E-state index in [4.69, 9.17) is 4.74 Å². The molecule has 1 saturated heterocycles. The van der Waals surface area contributed by atoms with E-state index in [1.165, 1.54) is 18.4 Å². The third kappa shape index (κ3) is 5.52. The first-order valence-corrected chi connectivity index (χ1v) is 9.28. The molecule has 1 aromatic rings. The van der Waals surface area contributed by atoms with Crippen molar-refractivity contribution in [3.05, 3.63) is 29.8 Å². The maximum atomic E-state index is 12.7.